The predicted molar refractivity (Wildman–Crippen MR) is 109 cm³/mol. The topological polar surface area (TPSA) is 102 Å². The number of hydrogen-bond acceptors (Lipinski definition) is 6. The van der Waals surface area contributed by atoms with Crippen molar-refractivity contribution in [3.05, 3.63) is 66.2 Å². The fourth-order valence-corrected chi connectivity index (χ4v) is 3.20. The van der Waals surface area contributed by atoms with Crippen molar-refractivity contribution in [1.82, 2.24) is 19.7 Å². The molecule has 0 aliphatic carbocycles. The highest BCUT2D eigenvalue weighted by Crippen LogP contribution is 2.38. The number of aryl methyl sites for hydroxylation is 1. The summed E-state index contributed by atoms with van der Waals surface area (Å²) in [5.74, 6) is -0.406. The fraction of sp³-hybridized carbons (Fsp3) is 0.143. The molecule has 158 valence electrons. The number of aliphatic hydroxyl groups excluding tert-OH is 1. The highest BCUT2D eigenvalue weighted by molar-refractivity contribution is 6.05. The molecular formula is C21H17F2N5O3. The number of rotatable bonds is 6. The molecule has 4 rings (SSSR count). The van der Waals surface area contributed by atoms with E-state index in [1.165, 1.54) is 29.3 Å². The van der Waals surface area contributed by atoms with Gasteiger partial charge < -0.3 is 15.2 Å². The summed E-state index contributed by atoms with van der Waals surface area (Å²) in [6.07, 6.45) is 4.15. The highest BCUT2D eigenvalue weighted by Gasteiger charge is 2.21. The van der Waals surface area contributed by atoms with Crippen LogP contribution in [0.4, 0.5) is 14.6 Å². The Morgan fingerprint density at radius 3 is 2.65 bits per heavy atom. The molecule has 8 nitrogen and oxygen atoms in total. The first-order valence-electron chi connectivity index (χ1n) is 9.20. The molecule has 4 aromatic rings. The van der Waals surface area contributed by atoms with Crippen LogP contribution in [0, 0.1) is 0 Å². The second-order valence-corrected chi connectivity index (χ2v) is 6.57. The van der Waals surface area contributed by atoms with Crippen LogP contribution in [0.25, 0.3) is 22.0 Å². The van der Waals surface area contributed by atoms with Crippen LogP contribution in [-0.2, 0) is 13.7 Å². The lowest BCUT2D eigenvalue weighted by Gasteiger charge is -2.14. The maximum atomic E-state index is 13.3. The van der Waals surface area contributed by atoms with Gasteiger partial charge >= 0.3 is 6.61 Å². The fourth-order valence-electron chi connectivity index (χ4n) is 3.20. The SMILES string of the molecule is Cn1ncc(-c2cnc3cnc(NC(=O)c4ccccc4)cc3c2OC(F)F)c1CO. The Morgan fingerprint density at radius 2 is 1.94 bits per heavy atom. The van der Waals surface area contributed by atoms with Crippen molar-refractivity contribution >= 4 is 22.6 Å². The van der Waals surface area contributed by atoms with Crippen LogP contribution in [0.15, 0.2) is 55.0 Å². The first-order valence-corrected chi connectivity index (χ1v) is 9.20. The van der Waals surface area contributed by atoms with Gasteiger partial charge in [-0.25, -0.2) is 4.98 Å². The molecule has 0 atom stereocenters. The van der Waals surface area contributed by atoms with Crippen LogP contribution in [0.5, 0.6) is 5.75 Å². The molecule has 0 saturated carbocycles. The number of aromatic nitrogens is 4. The van der Waals surface area contributed by atoms with Gasteiger partial charge in [0, 0.05) is 35.3 Å². The molecule has 0 bridgehead atoms. The largest absolute Gasteiger partial charge is 0.433 e. The number of fused-ring (bicyclic) bond motifs is 1. The van der Waals surface area contributed by atoms with Gasteiger partial charge in [-0.3, -0.25) is 14.5 Å². The number of anilines is 1. The van der Waals surface area contributed by atoms with Crippen molar-refractivity contribution in [1.29, 1.82) is 0 Å². The number of ether oxygens (including phenoxy) is 1. The molecule has 0 radical (unpaired) electrons. The van der Waals surface area contributed by atoms with Crippen molar-refractivity contribution in [2.75, 3.05) is 5.32 Å². The second kappa shape index (κ2) is 8.44. The summed E-state index contributed by atoms with van der Waals surface area (Å²) in [5, 5.41) is 16.6. The predicted octanol–water partition coefficient (Wildman–Crippen LogP) is 3.38. The zero-order valence-corrected chi connectivity index (χ0v) is 16.3. The molecule has 0 aliphatic heterocycles. The molecule has 1 amide bonds. The molecule has 2 N–H and O–H groups in total. The van der Waals surface area contributed by atoms with Crippen LogP contribution in [0.1, 0.15) is 16.1 Å². The first kappa shape index (κ1) is 20.4. The zero-order chi connectivity index (χ0) is 22.0. The Bertz CT molecular complexity index is 1240. The minimum absolute atomic E-state index is 0.146. The van der Waals surface area contributed by atoms with E-state index in [2.05, 4.69) is 20.4 Å². The molecule has 1 aromatic carbocycles. The van der Waals surface area contributed by atoms with Gasteiger partial charge in [-0.2, -0.15) is 13.9 Å². The highest BCUT2D eigenvalue weighted by atomic mass is 19.3. The van der Waals surface area contributed by atoms with Gasteiger partial charge in [0.2, 0.25) is 0 Å². The van der Waals surface area contributed by atoms with Crippen molar-refractivity contribution < 1.29 is 23.4 Å². The zero-order valence-electron chi connectivity index (χ0n) is 16.3. The third-order valence-electron chi connectivity index (χ3n) is 4.69. The number of benzene rings is 1. The Kier molecular flexibility index (Phi) is 5.54. The number of nitrogens with one attached hydrogen (secondary N) is 1. The van der Waals surface area contributed by atoms with E-state index in [1.54, 1.807) is 37.4 Å². The van der Waals surface area contributed by atoms with Crippen LogP contribution in [0.3, 0.4) is 0 Å². The smallest absolute Gasteiger partial charge is 0.387 e. The summed E-state index contributed by atoms with van der Waals surface area (Å²) in [6.45, 7) is -3.46. The summed E-state index contributed by atoms with van der Waals surface area (Å²) < 4.78 is 32.8. The molecule has 31 heavy (non-hydrogen) atoms. The van der Waals surface area contributed by atoms with Crippen molar-refractivity contribution in [3.63, 3.8) is 0 Å². The molecule has 3 aromatic heterocycles. The lowest BCUT2D eigenvalue weighted by molar-refractivity contribution is -0.0484. The number of amides is 1. The first-order chi connectivity index (χ1) is 15.0. The van der Waals surface area contributed by atoms with Crippen LogP contribution < -0.4 is 10.1 Å². The van der Waals surface area contributed by atoms with E-state index in [-0.39, 0.29) is 29.1 Å². The third kappa shape index (κ3) is 4.05. The number of aliphatic hydroxyl groups is 1. The Balaban J connectivity index is 1.82. The Morgan fingerprint density at radius 1 is 1.16 bits per heavy atom. The lowest BCUT2D eigenvalue weighted by atomic mass is 10.0. The number of nitrogens with zero attached hydrogens (tertiary/aromatic N) is 4. The number of alkyl halides is 2. The van der Waals surface area contributed by atoms with E-state index in [0.717, 1.165) is 0 Å². The minimum atomic E-state index is -3.10. The minimum Gasteiger partial charge on any atom is -0.433 e. The van der Waals surface area contributed by atoms with E-state index in [0.29, 0.717) is 22.3 Å². The Hall–Kier alpha value is -3.92. The molecule has 10 heteroatoms. The van der Waals surface area contributed by atoms with E-state index in [4.69, 9.17) is 4.74 Å². The number of halogens is 2. The molecule has 0 aliphatic rings. The number of hydrogen-bond donors (Lipinski definition) is 2. The summed E-state index contributed by atoms with van der Waals surface area (Å²) in [7, 11) is 1.62. The summed E-state index contributed by atoms with van der Waals surface area (Å²) in [4.78, 5) is 20.8. The van der Waals surface area contributed by atoms with E-state index >= 15 is 0 Å². The van der Waals surface area contributed by atoms with Gasteiger partial charge in [0.15, 0.2) is 0 Å². The van der Waals surface area contributed by atoms with Gasteiger partial charge in [0.05, 0.1) is 30.2 Å². The second-order valence-electron chi connectivity index (χ2n) is 6.57. The summed E-state index contributed by atoms with van der Waals surface area (Å²) in [6, 6.07) is 9.92. The molecular weight excluding hydrogens is 408 g/mol. The third-order valence-corrected chi connectivity index (χ3v) is 4.69. The van der Waals surface area contributed by atoms with E-state index in [1.807, 2.05) is 0 Å². The van der Waals surface area contributed by atoms with Crippen molar-refractivity contribution in [2.45, 2.75) is 13.2 Å². The normalized spacial score (nSPS) is 11.1. The average molecular weight is 425 g/mol. The molecule has 0 fully saturated rings. The summed E-state index contributed by atoms with van der Waals surface area (Å²) >= 11 is 0. The van der Waals surface area contributed by atoms with Gasteiger partial charge in [-0.05, 0) is 18.2 Å². The maximum absolute atomic E-state index is 13.3. The van der Waals surface area contributed by atoms with Crippen LogP contribution in [0.2, 0.25) is 0 Å². The lowest BCUT2D eigenvalue weighted by Crippen LogP contribution is -2.13. The van der Waals surface area contributed by atoms with Gasteiger partial charge in [-0.15, -0.1) is 0 Å². The van der Waals surface area contributed by atoms with Crippen LogP contribution >= 0.6 is 0 Å². The van der Waals surface area contributed by atoms with Crippen molar-refractivity contribution in [2.24, 2.45) is 7.05 Å². The number of carbonyl (C=O) groups excluding carboxylic acids is 1. The van der Waals surface area contributed by atoms with Gasteiger partial charge in [-0.1, -0.05) is 18.2 Å². The molecule has 0 unspecified atom stereocenters. The van der Waals surface area contributed by atoms with Gasteiger partial charge in [0.1, 0.15) is 11.6 Å². The molecule has 3 heterocycles. The summed E-state index contributed by atoms with van der Waals surface area (Å²) in [5.41, 5.74) is 1.76. The average Bonchev–Trinajstić information content (AvgIpc) is 3.14. The van der Waals surface area contributed by atoms with Gasteiger partial charge in [0.25, 0.3) is 5.91 Å². The molecule has 0 spiro atoms. The standard InChI is InChI=1S/C21H17F2N5O3/c1-28-17(11-29)14(9-26-28)15-8-24-16-10-25-18(7-13(16)19(15)31-21(22)23)27-20(30)12-5-3-2-4-6-12/h2-10,21,29H,11H2,1H3,(H,25,27,30). The quantitative estimate of drug-likeness (QED) is 0.491. The van der Waals surface area contributed by atoms with E-state index in [9.17, 15) is 18.7 Å². The monoisotopic (exact) mass is 425 g/mol. The van der Waals surface area contributed by atoms with E-state index < -0.39 is 12.5 Å². The maximum Gasteiger partial charge on any atom is 0.387 e. The van der Waals surface area contributed by atoms with Crippen LogP contribution in [-0.4, -0.2) is 37.4 Å². The number of pyridine rings is 2. The van der Waals surface area contributed by atoms with Crippen molar-refractivity contribution in [3.8, 4) is 16.9 Å². The molecule has 0 saturated heterocycles. The number of carbonyl (C=O) groups is 1. The Labute approximate surface area is 175 Å².